The van der Waals surface area contributed by atoms with Crippen LogP contribution in [0, 0.1) is 19.8 Å². The average Bonchev–Trinajstić information content (AvgIpc) is 2.49. The van der Waals surface area contributed by atoms with E-state index in [1.807, 2.05) is 46.8 Å². The van der Waals surface area contributed by atoms with E-state index in [0.29, 0.717) is 13.1 Å². The number of anilines is 1. The molecule has 0 aliphatic carbocycles. The number of piperidine rings is 1. The van der Waals surface area contributed by atoms with Gasteiger partial charge in [-0.3, -0.25) is 4.79 Å². The Balaban J connectivity index is 2.04. The number of nitrogens with one attached hydrogen (secondary N) is 1. The number of ether oxygens (including phenoxy) is 1. The first-order valence-electron chi connectivity index (χ1n) is 8.62. The molecule has 1 aromatic rings. The number of halogens is 1. The van der Waals surface area contributed by atoms with Crippen LogP contribution in [-0.2, 0) is 9.53 Å². The Morgan fingerprint density at radius 3 is 2.40 bits per heavy atom. The van der Waals surface area contributed by atoms with Crippen LogP contribution in [0.4, 0.5) is 10.5 Å². The van der Waals surface area contributed by atoms with Gasteiger partial charge in [0.2, 0.25) is 5.91 Å². The molecule has 1 saturated heterocycles. The van der Waals surface area contributed by atoms with Crippen LogP contribution in [-0.4, -0.2) is 35.6 Å². The van der Waals surface area contributed by atoms with Crippen LogP contribution in [0.3, 0.4) is 0 Å². The van der Waals surface area contributed by atoms with Crippen LogP contribution in [0.2, 0.25) is 0 Å². The minimum atomic E-state index is -0.530. The van der Waals surface area contributed by atoms with Gasteiger partial charge >= 0.3 is 6.09 Å². The molecule has 1 aliphatic rings. The van der Waals surface area contributed by atoms with Gasteiger partial charge in [0.1, 0.15) is 5.60 Å². The highest BCUT2D eigenvalue weighted by molar-refractivity contribution is 9.10. The maximum atomic E-state index is 12.7. The fraction of sp³-hybridized carbons (Fsp3) is 0.579. The fourth-order valence-corrected chi connectivity index (χ4v) is 3.70. The van der Waals surface area contributed by atoms with Crippen LogP contribution >= 0.6 is 15.9 Å². The van der Waals surface area contributed by atoms with Crippen LogP contribution in [0.5, 0.6) is 0 Å². The maximum absolute atomic E-state index is 12.7. The summed E-state index contributed by atoms with van der Waals surface area (Å²) in [4.78, 5) is 26.6. The predicted molar refractivity (Wildman–Crippen MR) is 103 cm³/mol. The first kappa shape index (κ1) is 19.8. The number of amides is 2. The van der Waals surface area contributed by atoms with Crippen LogP contribution in [0.15, 0.2) is 16.6 Å². The van der Waals surface area contributed by atoms with Gasteiger partial charge in [-0.15, -0.1) is 0 Å². The molecular formula is C19H27BrN2O3. The van der Waals surface area contributed by atoms with Gasteiger partial charge in [-0.05, 0) is 70.7 Å². The molecule has 1 aliphatic heterocycles. The second kappa shape index (κ2) is 7.77. The van der Waals surface area contributed by atoms with Crippen molar-refractivity contribution in [3.63, 3.8) is 0 Å². The summed E-state index contributed by atoms with van der Waals surface area (Å²) >= 11 is 3.47. The third-order valence-electron chi connectivity index (χ3n) is 4.19. The van der Waals surface area contributed by atoms with Crippen molar-refractivity contribution >= 4 is 33.6 Å². The largest absolute Gasteiger partial charge is 0.444 e. The number of carbonyl (C=O) groups is 2. The Hall–Kier alpha value is -1.56. The molecule has 0 spiro atoms. The predicted octanol–water partition coefficient (Wildman–Crippen LogP) is 4.65. The van der Waals surface area contributed by atoms with E-state index >= 15 is 0 Å². The number of rotatable bonds is 2. The van der Waals surface area contributed by atoms with Gasteiger partial charge < -0.3 is 15.0 Å². The summed E-state index contributed by atoms with van der Waals surface area (Å²) in [6.45, 7) is 10.5. The summed E-state index contributed by atoms with van der Waals surface area (Å²) in [6.07, 6.45) is 1.23. The van der Waals surface area contributed by atoms with E-state index < -0.39 is 5.60 Å². The third kappa shape index (κ3) is 5.46. The second-order valence-corrected chi connectivity index (χ2v) is 8.59. The number of benzene rings is 1. The Labute approximate surface area is 158 Å². The zero-order valence-corrected chi connectivity index (χ0v) is 17.2. The standard InChI is InChI=1S/C19H27BrN2O3/c1-12-9-15(20)10-13(2)16(12)21-17(23)14-7-6-8-22(11-14)18(24)25-19(3,4)5/h9-10,14H,6-8,11H2,1-5H3,(H,21,23). The number of hydrogen-bond donors (Lipinski definition) is 1. The molecule has 1 heterocycles. The SMILES string of the molecule is Cc1cc(Br)cc(C)c1NC(=O)C1CCCN(C(=O)OC(C)(C)C)C1. The summed E-state index contributed by atoms with van der Waals surface area (Å²) in [5.74, 6) is -0.259. The van der Waals surface area contributed by atoms with Gasteiger partial charge in [0.15, 0.2) is 0 Å². The van der Waals surface area contributed by atoms with Crippen molar-refractivity contribution in [3.8, 4) is 0 Å². The van der Waals surface area contributed by atoms with Gasteiger partial charge in [0.05, 0.1) is 5.92 Å². The third-order valence-corrected chi connectivity index (χ3v) is 4.65. The van der Waals surface area contributed by atoms with E-state index in [9.17, 15) is 9.59 Å². The molecule has 0 bridgehead atoms. The number of likely N-dealkylation sites (tertiary alicyclic amines) is 1. The molecule has 0 saturated carbocycles. The Bertz CT molecular complexity index is 644. The molecule has 1 aromatic carbocycles. The van der Waals surface area contributed by atoms with Crippen molar-refractivity contribution in [2.75, 3.05) is 18.4 Å². The lowest BCUT2D eigenvalue weighted by molar-refractivity contribution is -0.121. The normalized spacial score (nSPS) is 18.0. The van der Waals surface area contributed by atoms with Gasteiger partial charge in [-0.25, -0.2) is 4.79 Å². The van der Waals surface area contributed by atoms with E-state index in [-0.39, 0.29) is 17.9 Å². The molecule has 1 fully saturated rings. The molecule has 1 unspecified atom stereocenters. The zero-order chi connectivity index (χ0) is 18.8. The summed E-state index contributed by atoms with van der Waals surface area (Å²) < 4.78 is 6.42. The van der Waals surface area contributed by atoms with E-state index in [0.717, 1.165) is 34.1 Å². The van der Waals surface area contributed by atoms with Crippen molar-refractivity contribution in [1.29, 1.82) is 0 Å². The van der Waals surface area contributed by atoms with Gasteiger partial charge in [-0.2, -0.15) is 0 Å². The number of nitrogens with zero attached hydrogens (tertiary/aromatic N) is 1. The summed E-state index contributed by atoms with van der Waals surface area (Å²) in [7, 11) is 0. The van der Waals surface area contributed by atoms with Crippen molar-refractivity contribution in [3.05, 3.63) is 27.7 Å². The highest BCUT2D eigenvalue weighted by Gasteiger charge is 2.31. The Morgan fingerprint density at radius 1 is 1.24 bits per heavy atom. The van der Waals surface area contributed by atoms with Crippen molar-refractivity contribution in [2.24, 2.45) is 5.92 Å². The molecule has 2 amide bonds. The molecule has 2 rings (SSSR count). The zero-order valence-electron chi connectivity index (χ0n) is 15.6. The summed E-state index contributed by atoms with van der Waals surface area (Å²) in [6, 6.07) is 3.97. The van der Waals surface area contributed by atoms with Gasteiger partial charge in [-0.1, -0.05) is 15.9 Å². The van der Waals surface area contributed by atoms with Crippen LogP contribution < -0.4 is 5.32 Å². The van der Waals surface area contributed by atoms with E-state index in [1.54, 1.807) is 4.90 Å². The lowest BCUT2D eigenvalue weighted by Gasteiger charge is -2.33. The monoisotopic (exact) mass is 410 g/mol. The fourth-order valence-electron chi connectivity index (χ4n) is 3.02. The average molecular weight is 411 g/mol. The smallest absolute Gasteiger partial charge is 0.410 e. The summed E-state index contributed by atoms with van der Waals surface area (Å²) in [5, 5.41) is 3.04. The molecule has 25 heavy (non-hydrogen) atoms. The molecule has 5 nitrogen and oxygen atoms in total. The van der Waals surface area contributed by atoms with Gasteiger partial charge in [0, 0.05) is 23.2 Å². The molecule has 0 aromatic heterocycles. The molecular weight excluding hydrogens is 384 g/mol. The van der Waals surface area contributed by atoms with Crippen molar-refractivity contribution < 1.29 is 14.3 Å². The van der Waals surface area contributed by atoms with E-state index in [4.69, 9.17) is 4.74 Å². The number of carbonyl (C=O) groups excluding carboxylic acids is 2. The van der Waals surface area contributed by atoms with Crippen molar-refractivity contribution in [2.45, 2.75) is 53.1 Å². The first-order valence-corrected chi connectivity index (χ1v) is 9.41. The second-order valence-electron chi connectivity index (χ2n) is 7.67. The lowest BCUT2D eigenvalue weighted by atomic mass is 9.97. The minimum Gasteiger partial charge on any atom is -0.444 e. The van der Waals surface area contributed by atoms with Gasteiger partial charge in [0.25, 0.3) is 0 Å². The number of aryl methyl sites for hydroxylation is 2. The highest BCUT2D eigenvalue weighted by Crippen LogP contribution is 2.27. The van der Waals surface area contributed by atoms with E-state index in [2.05, 4.69) is 21.2 Å². The van der Waals surface area contributed by atoms with Crippen molar-refractivity contribution in [1.82, 2.24) is 4.90 Å². The quantitative estimate of drug-likeness (QED) is 0.771. The molecule has 138 valence electrons. The first-order chi connectivity index (χ1) is 11.6. The molecule has 6 heteroatoms. The van der Waals surface area contributed by atoms with Crippen LogP contribution in [0.1, 0.15) is 44.7 Å². The topological polar surface area (TPSA) is 58.6 Å². The van der Waals surface area contributed by atoms with Crippen LogP contribution in [0.25, 0.3) is 0 Å². The summed E-state index contributed by atoms with van der Waals surface area (Å²) in [5.41, 5.74) is 2.35. The molecule has 1 N–H and O–H groups in total. The maximum Gasteiger partial charge on any atom is 0.410 e. The minimum absolute atomic E-state index is 0.0400. The molecule has 0 radical (unpaired) electrons. The lowest BCUT2D eigenvalue weighted by Crippen LogP contribution is -2.45. The highest BCUT2D eigenvalue weighted by atomic mass is 79.9. The Kier molecular flexibility index (Phi) is 6.14. The number of hydrogen-bond acceptors (Lipinski definition) is 3. The molecule has 1 atom stereocenters. The Morgan fingerprint density at radius 2 is 1.84 bits per heavy atom. The van der Waals surface area contributed by atoms with E-state index in [1.165, 1.54) is 0 Å².